The molecule has 0 aromatic heterocycles. The van der Waals surface area contributed by atoms with E-state index in [0.29, 0.717) is 13.0 Å². The topological polar surface area (TPSA) is 52.3 Å². The molecule has 0 bridgehead atoms. The van der Waals surface area contributed by atoms with Crippen molar-refractivity contribution in [1.82, 2.24) is 0 Å². The average Bonchev–Trinajstić information content (AvgIpc) is 1.98. The molecule has 0 radical (unpaired) electrons. The summed E-state index contributed by atoms with van der Waals surface area (Å²) in [6.07, 6.45) is 4.92. The lowest BCUT2D eigenvalue weighted by molar-refractivity contribution is -0.137. The molecule has 0 spiro atoms. The molecule has 0 unspecified atom stereocenters. The summed E-state index contributed by atoms with van der Waals surface area (Å²) in [5.74, 6) is -0.398. The van der Waals surface area contributed by atoms with Crippen LogP contribution < -0.4 is 5.73 Å². The molecule has 0 aliphatic heterocycles. The fraction of sp³-hybridized carbons (Fsp3) is 0.286. The van der Waals surface area contributed by atoms with Gasteiger partial charge >= 0.3 is 5.97 Å². The van der Waals surface area contributed by atoms with E-state index in [2.05, 4.69) is 11.3 Å². The Hall–Kier alpha value is -1.25. The number of esters is 1. The summed E-state index contributed by atoms with van der Waals surface area (Å²) in [4.78, 5) is 10.4. The highest BCUT2D eigenvalue weighted by molar-refractivity contribution is 5.81. The monoisotopic (exact) mass is 141 g/mol. The van der Waals surface area contributed by atoms with Crippen LogP contribution in [-0.2, 0) is 9.53 Å². The number of ether oxygens (including phenoxy) is 1. The molecular weight excluding hydrogens is 130 g/mol. The largest absolute Gasteiger partial charge is 0.462 e. The van der Waals surface area contributed by atoms with Crippen LogP contribution in [0.25, 0.3) is 0 Å². The summed E-state index contributed by atoms with van der Waals surface area (Å²) in [5, 5.41) is 0. The molecule has 0 saturated carbocycles. The van der Waals surface area contributed by atoms with Crippen LogP contribution in [-0.4, -0.2) is 12.6 Å². The lowest BCUT2D eigenvalue weighted by Gasteiger charge is -1.95. The van der Waals surface area contributed by atoms with Crippen molar-refractivity contribution in [3.63, 3.8) is 0 Å². The fourth-order valence-corrected chi connectivity index (χ4v) is 0.383. The van der Waals surface area contributed by atoms with Crippen LogP contribution in [0.2, 0.25) is 0 Å². The van der Waals surface area contributed by atoms with Crippen LogP contribution in [0, 0.1) is 0 Å². The molecule has 0 atom stereocenters. The van der Waals surface area contributed by atoms with Crippen LogP contribution in [0.1, 0.15) is 6.42 Å². The van der Waals surface area contributed by atoms with Crippen LogP contribution >= 0.6 is 0 Å². The van der Waals surface area contributed by atoms with Crippen LogP contribution in [0.15, 0.2) is 24.9 Å². The second-order valence-electron chi connectivity index (χ2n) is 1.59. The number of carbonyl (C=O) groups excluding carboxylic acids is 1. The Morgan fingerprint density at radius 1 is 1.70 bits per heavy atom. The minimum atomic E-state index is -0.398. The molecular formula is C7H11NO2. The summed E-state index contributed by atoms with van der Waals surface area (Å²) < 4.78 is 4.63. The zero-order chi connectivity index (χ0) is 7.82. The summed E-state index contributed by atoms with van der Waals surface area (Å²) in [7, 11) is 0. The van der Waals surface area contributed by atoms with Gasteiger partial charge in [0.1, 0.15) is 0 Å². The van der Waals surface area contributed by atoms with Crippen LogP contribution in [0.5, 0.6) is 0 Å². The highest BCUT2D eigenvalue weighted by atomic mass is 16.5. The van der Waals surface area contributed by atoms with Crippen molar-refractivity contribution in [2.45, 2.75) is 6.42 Å². The molecule has 56 valence electrons. The number of rotatable bonds is 4. The molecule has 0 rings (SSSR count). The van der Waals surface area contributed by atoms with Gasteiger partial charge in [-0.1, -0.05) is 12.7 Å². The number of hydrogen-bond acceptors (Lipinski definition) is 3. The third-order valence-electron chi connectivity index (χ3n) is 0.832. The Balaban J connectivity index is 3.19. The maximum Gasteiger partial charge on any atom is 0.330 e. The Labute approximate surface area is 60.2 Å². The molecule has 0 aliphatic carbocycles. The lowest BCUT2D eigenvalue weighted by atomic mass is 10.4. The minimum absolute atomic E-state index is 0.360. The first-order valence-electron chi connectivity index (χ1n) is 2.97. The first kappa shape index (κ1) is 8.75. The summed E-state index contributed by atoms with van der Waals surface area (Å²) in [5.41, 5.74) is 5.04. The molecule has 0 aliphatic rings. The van der Waals surface area contributed by atoms with Gasteiger partial charge in [0.15, 0.2) is 0 Å². The normalized spacial score (nSPS) is 9.60. The second kappa shape index (κ2) is 5.88. The summed E-state index contributed by atoms with van der Waals surface area (Å²) in [6.45, 7) is 3.60. The van der Waals surface area contributed by atoms with E-state index in [-0.39, 0.29) is 0 Å². The standard InChI is InChI=1S/C7H11NO2/c1-2-7(9)10-6-4-3-5-8/h2-3,5H,1,4,6,8H2. The van der Waals surface area contributed by atoms with Gasteiger partial charge in [-0.05, 0) is 6.20 Å². The number of hydrogen-bond donors (Lipinski definition) is 1. The third kappa shape index (κ3) is 4.90. The zero-order valence-corrected chi connectivity index (χ0v) is 5.75. The predicted octanol–water partition coefficient (Wildman–Crippen LogP) is 0.578. The molecule has 0 amide bonds. The summed E-state index contributed by atoms with van der Waals surface area (Å²) in [6, 6.07) is 0. The quantitative estimate of drug-likeness (QED) is 0.354. The van der Waals surface area contributed by atoms with Gasteiger partial charge in [0.25, 0.3) is 0 Å². The highest BCUT2D eigenvalue weighted by Crippen LogP contribution is 1.84. The van der Waals surface area contributed by atoms with Crippen molar-refractivity contribution in [3.8, 4) is 0 Å². The molecule has 0 aromatic rings. The Bertz CT molecular complexity index is 141. The van der Waals surface area contributed by atoms with Gasteiger partial charge in [0.05, 0.1) is 6.61 Å². The molecule has 10 heavy (non-hydrogen) atoms. The van der Waals surface area contributed by atoms with Crippen molar-refractivity contribution >= 4 is 5.97 Å². The van der Waals surface area contributed by atoms with E-state index in [0.717, 1.165) is 6.08 Å². The predicted molar refractivity (Wildman–Crippen MR) is 39.1 cm³/mol. The molecule has 3 nitrogen and oxygen atoms in total. The van der Waals surface area contributed by atoms with E-state index in [9.17, 15) is 4.79 Å². The SMILES string of the molecule is C=CC(=O)OCCC=CN. The van der Waals surface area contributed by atoms with E-state index in [4.69, 9.17) is 5.73 Å². The number of nitrogens with two attached hydrogens (primary N) is 1. The van der Waals surface area contributed by atoms with Crippen LogP contribution in [0.3, 0.4) is 0 Å². The van der Waals surface area contributed by atoms with Gasteiger partial charge in [-0.2, -0.15) is 0 Å². The van der Waals surface area contributed by atoms with E-state index in [1.165, 1.54) is 6.20 Å². The maximum absolute atomic E-state index is 10.4. The minimum Gasteiger partial charge on any atom is -0.462 e. The first-order chi connectivity index (χ1) is 4.81. The van der Waals surface area contributed by atoms with Gasteiger partial charge in [-0.25, -0.2) is 4.79 Å². The molecule has 0 aromatic carbocycles. The summed E-state index contributed by atoms with van der Waals surface area (Å²) >= 11 is 0. The molecule has 0 heterocycles. The second-order valence-corrected chi connectivity index (χ2v) is 1.59. The van der Waals surface area contributed by atoms with Gasteiger partial charge < -0.3 is 10.5 Å². The van der Waals surface area contributed by atoms with Gasteiger partial charge in [0.2, 0.25) is 0 Å². The zero-order valence-electron chi connectivity index (χ0n) is 5.75. The van der Waals surface area contributed by atoms with Crippen molar-refractivity contribution < 1.29 is 9.53 Å². The van der Waals surface area contributed by atoms with Crippen molar-refractivity contribution in [3.05, 3.63) is 24.9 Å². The van der Waals surface area contributed by atoms with Crippen LogP contribution in [0.4, 0.5) is 0 Å². The van der Waals surface area contributed by atoms with E-state index >= 15 is 0 Å². The van der Waals surface area contributed by atoms with Crippen molar-refractivity contribution in [1.29, 1.82) is 0 Å². The smallest absolute Gasteiger partial charge is 0.330 e. The highest BCUT2D eigenvalue weighted by Gasteiger charge is 1.90. The van der Waals surface area contributed by atoms with Gasteiger partial charge in [0, 0.05) is 12.5 Å². The van der Waals surface area contributed by atoms with Gasteiger partial charge in [-0.15, -0.1) is 0 Å². The van der Waals surface area contributed by atoms with Crippen molar-refractivity contribution in [2.24, 2.45) is 5.73 Å². The molecule has 2 N–H and O–H groups in total. The average molecular weight is 141 g/mol. The van der Waals surface area contributed by atoms with E-state index in [1.807, 2.05) is 0 Å². The maximum atomic E-state index is 10.4. The van der Waals surface area contributed by atoms with E-state index < -0.39 is 5.97 Å². The van der Waals surface area contributed by atoms with Gasteiger partial charge in [-0.3, -0.25) is 0 Å². The fourth-order valence-electron chi connectivity index (χ4n) is 0.383. The first-order valence-corrected chi connectivity index (χ1v) is 2.97. The Morgan fingerprint density at radius 2 is 2.40 bits per heavy atom. The molecule has 0 fully saturated rings. The molecule has 3 heteroatoms. The Kier molecular flexibility index (Phi) is 5.14. The van der Waals surface area contributed by atoms with Crippen molar-refractivity contribution in [2.75, 3.05) is 6.61 Å². The number of carbonyl (C=O) groups is 1. The third-order valence-corrected chi connectivity index (χ3v) is 0.832. The lowest BCUT2D eigenvalue weighted by Crippen LogP contribution is -2.00. The molecule has 0 saturated heterocycles. The van der Waals surface area contributed by atoms with E-state index in [1.54, 1.807) is 6.08 Å². The Morgan fingerprint density at radius 3 is 2.90 bits per heavy atom.